The first-order valence-corrected chi connectivity index (χ1v) is 6.15. The first-order chi connectivity index (χ1) is 9.10. The monoisotopic (exact) mass is 267 g/mol. The van der Waals surface area contributed by atoms with Crippen molar-refractivity contribution in [1.82, 2.24) is 10.1 Å². The lowest BCUT2D eigenvalue weighted by molar-refractivity contribution is -0.146. The van der Waals surface area contributed by atoms with Gasteiger partial charge in [0.2, 0.25) is 5.91 Å². The van der Waals surface area contributed by atoms with Crippen LogP contribution in [0.3, 0.4) is 0 Å². The zero-order valence-corrected chi connectivity index (χ0v) is 11.0. The van der Waals surface area contributed by atoms with Crippen LogP contribution in [0.5, 0.6) is 0 Å². The number of hydrogen-bond acceptors (Lipinski definition) is 6. The van der Waals surface area contributed by atoms with E-state index in [1.165, 1.54) is 7.11 Å². The Morgan fingerprint density at radius 1 is 1.63 bits per heavy atom. The van der Waals surface area contributed by atoms with Crippen LogP contribution in [0.2, 0.25) is 0 Å². The number of likely N-dealkylation sites (tertiary alicyclic amines) is 1. The zero-order valence-electron chi connectivity index (χ0n) is 11.0. The lowest BCUT2D eigenvalue weighted by Crippen LogP contribution is -2.41. The van der Waals surface area contributed by atoms with Crippen molar-refractivity contribution in [3.63, 3.8) is 0 Å². The van der Waals surface area contributed by atoms with E-state index in [2.05, 4.69) is 10.5 Å². The van der Waals surface area contributed by atoms with Crippen molar-refractivity contribution in [3.8, 4) is 0 Å². The third kappa shape index (κ3) is 3.31. The molecule has 1 aliphatic heterocycles. The highest BCUT2D eigenvalue weighted by atomic mass is 16.5. The second-order valence-corrected chi connectivity index (χ2v) is 4.52. The number of amides is 1. The van der Waals surface area contributed by atoms with E-state index in [0.717, 1.165) is 12.8 Å². The number of ether oxygens (including phenoxy) is 1. The summed E-state index contributed by atoms with van der Waals surface area (Å²) in [5.41, 5.74) is 0. The first-order valence-electron chi connectivity index (χ1n) is 6.15. The van der Waals surface area contributed by atoms with Gasteiger partial charge >= 0.3 is 5.97 Å². The number of aromatic nitrogens is 1. The van der Waals surface area contributed by atoms with Crippen molar-refractivity contribution in [3.05, 3.63) is 11.8 Å². The van der Waals surface area contributed by atoms with Gasteiger partial charge in [0.15, 0.2) is 5.82 Å². The van der Waals surface area contributed by atoms with Gasteiger partial charge in [-0.2, -0.15) is 0 Å². The molecule has 1 fully saturated rings. The number of anilines is 1. The van der Waals surface area contributed by atoms with Crippen LogP contribution in [0.25, 0.3) is 0 Å². The minimum absolute atomic E-state index is 0.145. The summed E-state index contributed by atoms with van der Waals surface area (Å²) in [5.74, 6) is 0.506. The van der Waals surface area contributed by atoms with Gasteiger partial charge in [-0.3, -0.25) is 14.5 Å². The van der Waals surface area contributed by atoms with E-state index in [0.29, 0.717) is 18.1 Å². The van der Waals surface area contributed by atoms with Crippen LogP contribution in [0, 0.1) is 6.92 Å². The number of carbonyl (C=O) groups is 2. The van der Waals surface area contributed by atoms with Gasteiger partial charge in [-0.1, -0.05) is 5.16 Å². The lowest BCUT2D eigenvalue weighted by Gasteiger charge is -2.21. The smallest absolute Gasteiger partial charge is 0.323 e. The topological polar surface area (TPSA) is 84.7 Å². The van der Waals surface area contributed by atoms with E-state index in [1.54, 1.807) is 13.0 Å². The molecule has 0 aliphatic carbocycles. The molecular weight excluding hydrogens is 250 g/mol. The molecule has 0 saturated carbocycles. The van der Waals surface area contributed by atoms with Crippen molar-refractivity contribution in [2.24, 2.45) is 0 Å². The Bertz CT molecular complexity index is 471. The molecule has 1 saturated heterocycles. The summed E-state index contributed by atoms with van der Waals surface area (Å²) < 4.78 is 9.59. The second-order valence-electron chi connectivity index (χ2n) is 4.52. The van der Waals surface area contributed by atoms with Crippen LogP contribution in [0.15, 0.2) is 10.6 Å². The quantitative estimate of drug-likeness (QED) is 0.802. The molecule has 1 aliphatic rings. The van der Waals surface area contributed by atoms with Crippen molar-refractivity contribution < 1.29 is 18.8 Å². The predicted octanol–water partition coefficient (Wildman–Crippen LogP) is 0.559. The summed E-state index contributed by atoms with van der Waals surface area (Å²) in [6, 6.07) is 1.31. The van der Waals surface area contributed by atoms with Crippen LogP contribution >= 0.6 is 0 Å². The van der Waals surface area contributed by atoms with Crippen LogP contribution in [-0.4, -0.2) is 48.2 Å². The van der Waals surface area contributed by atoms with Crippen LogP contribution in [-0.2, 0) is 14.3 Å². The number of hydrogen-bond donors (Lipinski definition) is 1. The molecule has 1 amide bonds. The molecule has 7 heteroatoms. The minimum Gasteiger partial charge on any atom is -0.468 e. The summed E-state index contributed by atoms with van der Waals surface area (Å²) in [5, 5.41) is 6.31. The van der Waals surface area contributed by atoms with Crippen molar-refractivity contribution in [2.75, 3.05) is 25.5 Å². The van der Waals surface area contributed by atoms with E-state index in [9.17, 15) is 9.59 Å². The van der Waals surface area contributed by atoms with Gasteiger partial charge in [-0.05, 0) is 26.3 Å². The minimum atomic E-state index is -0.324. The Labute approximate surface area is 110 Å². The fourth-order valence-corrected chi connectivity index (χ4v) is 2.21. The fraction of sp³-hybridized carbons (Fsp3) is 0.583. The van der Waals surface area contributed by atoms with Gasteiger partial charge in [0.1, 0.15) is 11.8 Å². The standard InChI is InChI=1S/C12H17N3O4/c1-8-6-10(14-19-8)13-11(16)7-15-5-3-4-9(15)12(17)18-2/h6,9H,3-5,7H2,1-2H3,(H,13,14,16). The van der Waals surface area contributed by atoms with Gasteiger partial charge in [0, 0.05) is 6.07 Å². The third-order valence-corrected chi connectivity index (χ3v) is 3.08. The van der Waals surface area contributed by atoms with Gasteiger partial charge in [-0.25, -0.2) is 0 Å². The van der Waals surface area contributed by atoms with Gasteiger partial charge in [0.25, 0.3) is 0 Å². The molecule has 0 bridgehead atoms. The summed E-state index contributed by atoms with van der Waals surface area (Å²) in [6.07, 6.45) is 1.61. The summed E-state index contributed by atoms with van der Waals surface area (Å²) in [6.45, 7) is 2.60. The third-order valence-electron chi connectivity index (χ3n) is 3.08. The highest BCUT2D eigenvalue weighted by Crippen LogP contribution is 2.18. The number of esters is 1. The molecule has 104 valence electrons. The SMILES string of the molecule is COC(=O)C1CCCN1CC(=O)Nc1cc(C)on1. The molecule has 7 nitrogen and oxygen atoms in total. The first kappa shape index (κ1) is 13.5. The van der Waals surface area contributed by atoms with Crippen LogP contribution in [0.1, 0.15) is 18.6 Å². The Kier molecular flexibility index (Phi) is 4.16. The maximum Gasteiger partial charge on any atom is 0.323 e. The van der Waals surface area contributed by atoms with Crippen LogP contribution < -0.4 is 5.32 Å². The van der Waals surface area contributed by atoms with Crippen molar-refractivity contribution >= 4 is 17.7 Å². The second kappa shape index (κ2) is 5.83. The normalized spacial score (nSPS) is 19.4. The van der Waals surface area contributed by atoms with Gasteiger partial charge in [-0.15, -0.1) is 0 Å². The molecule has 0 aromatic carbocycles. The average Bonchev–Trinajstić information content (AvgIpc) is 2.97. The number of nitrogens with one attached hydrogen (secondary N) is 1. The summed E-state index contributed by atoms with van der Waals surface area (Å²) >= 11 is 0. The Balaban J connectivity index is 1.89. The molecule has 2 rings (SSSR count). The molecule has 19 heavy (non-hydrogen) atoms. The maximum absolute atomic E-state index is 11.8. The summed E-state index contributed by atoms with van der Waals surface area (Å²) in [4.78, 5) is 25.2. The number of nitrogens with zero attached hydrogens (tertiary/aromatic N) is 2. The molecule has 1 atom stereocenters. The molecule has 2 heterocycles. The number of rotatable bonds is 4. The highest BCUT2D eigenvalue weighted by Gasteiger charge is 2.32. The molecule has 1 aromatic heterocycles. The Hall–Kier alpha value is -1.89. The average molecular weight is 267 g/mol. The molecule has 1 unspecified atom stereocenters. The number of aryl methyl sites for hydroxylation is 1. The molecule has 0 radical (unpaired) electrons. The van der Waals surface area contributed by atoms with Gasteiger partial charge < -0.3 is 14.6 Å². The van der Waals surface area contributed by atoms with Crippen molar-refractivity contribution in [1.29, 1.82) is 0 Å². The van der Waals surface area contributed by atoms with E-state index in [4.69, 9.17) is 9.26 Å². The predicted molar refractivity (Wildman–Crippen MR) is 66.5 cm³/mol. The number of methoxy groups -OCH3 is 1. The van der Waals surface area contributed by atoms with Crippen LogP contribution in [0.4, 0.5) is 5.82 Å². The molecule has 0 spiro atoms. The van der Waals surface area contributed by atoms with Gasteiger partial charge in [0.05, 0.1) is 13.7 Å². The zero-order chi connectivity index (χ0) is 13.8. The lowest BCUT2D eigenvalue weighted by atomic mass is 10.2. The largest absolute Gasteiger partial charge is 0.468 e. The van der Waals surface area contributed by atoms with Crippen molar-refractivity contribution in [2.45, 2.75) is 25.8 Å². The number of carbonyl (C=O) groups excluding carboxylic acids is 2. The van der Waals surface area contributed by atoms with E-state index < -0.39 is 0 Å². The van der Waals surface area contributed by atoms with E-state index in [1.807, 2.05) is 4.90 Å². The van der Waals surface area contributed by atoms with E-state index >= 15 is 0 Å². The Morgan fingerprint density at radius 3 is 3.05 bits per heavy atom. The maximum atomic E-state index is 11.8. The van der Waals surface area contributed by atoms with E-state index in [-0.39, 0.29) is 24.5 Å². The molecule has 1 N–H and O–H groups in total. The summed E-state index contributed by atoms with van der Waals surface area (Å²) in [7, 11) is 1.36. The fourth-order valence-electron chi connectivity index (χ4n) is 2.21. The molecule has 1 aromatic rings. The highest BCUT2D eigenvalue weighted by molar-refractivity contribution is 5.91. The molecular formula is C12H17N3O4. The Morgan fingerprint density at radius 2 is 2.42 bits per heavy atom.